The molecule has 1 aliphatic carbocycles. The highest BCUT2D eigenvalue weighted by Crippen LogP contribution is 2.34. The molecule has 0 spiro atoms. The third-order valence-corrected chi connectivity index (χ3v) is 13.5. The van der Waals surface area contributed by atoms with Crippen molar-refractivity contribution in [3.05, 3.63) is 0 Å². The lowest BCUT2D eigenvalue weighted by Crippen LogP contribution is -2.42. The lowest BCUT2D eigenvalue weighted by Gasteiger charge is -2.36. The number of ether oxygens (including phenoxy) is 2. The largest absolute Gasteiger partial charge is 0.416 e. The molecule has 1 aliphatic rings. The Morgan fingerprint density at radius 1 is 0.812 bits per heavy atom. The Morgan fingerprint density at radius 3 is 2.06 bits per heavy atom. The predicted octanol–water partition coefficient (Wildman–Crippen LogP) is 8.77. The molecule has 0 amide bonds. The van der Waals surface area contributed by atoms with Crippen LogP contribution in [-0.4, -0.2) is 40.8 Å². The van der Waals surface area contributed by atoms with Gasteiger partial charge in [0.15, 0.2) is 8.32 Å². The topological polar surface area (TPSA) is 27.7 Å². The van der Waals surface area contributed by atoms with Crippen LogP contribution in [0.5, 0.6) is 0 Å². The van der Waals surface area contributed by atoms with E-state index in [0.29, 0.717) is 23.1 Å². The summed E-state index contributed by atoms with van der Waals surface area (Å²) in [4.78, 5) is 0. The standard InChI is InChI=1S/C28H58O3Si/c1-8-20-29-21-15-11-10-12-16-26(23-31-32(7,24(3)4)25(5)6)19-22-30-28(9-2)27-17-13-14-18-27/h24-28H,8-23H2,1-7H3. The summed E-state index contributed by atoms with van der Waals surface area (Å²) in [6.07, 6.45) is 15.9. The summed E-state index contributed by atoms with van der Waals surface area (Å²) in [6.45, 7) is 20.0. The van der Waals surface area contributed by atoms with Crippen LogP contribution in [-0.2, 0) is 13.9 Å². The van der Waals surface area contributed by atoms with Crippen LogP contribution in [0.3, 0.4) is 0 Å². The summed E-state index contributed by atoms with van der Waals surface area (Å²) in [5, 5.41) is 0. The second kappa shape index (κ2) is 17.5. The second-order valence-corrected chi connectivity index (χ2v) is 16.1. The summed E-state index contributed by atoms with van der Waals surface area (Å²) >= 11 is 0. The molecule has 2 unspecified atom stereocenters. The SMILES string of the molecule is CCCOCCCCCCC(CCOC(CC)C1CCCC1)CO[Si](C)(C(C)C)C(C)C. The molecule has 0 aliphatic heterocycles. The number of hydrogen-bond acceptors (Lipinski definition) is 3. The Morgan fingerprint density at radius 2 is 1.47 bits per heavy atom. The van der Waals surface area contributed by atoms with Crippen LogP contribution in [0.1, 0.15) is 119 Å². The first-order valence-electron chi connectivity index (χ1n) is 14.2. The molecule has 192 valence electrons. The van der Waals surface area contributed by atoms with Crippen LogP contribution in [0, 0.1) is 11.8 Å². The van der Waals surface area contributed by atoms with E-state index < -0.39 is 8.32 Å². The quantitative estimate of drug-likeness (QED) is 0.131. The normalized spacial score (nSPS) is 17.5. The van der Waals surface area contributed by atoms with Gasteiger partial charge in [-0.3, -0.25) is 0 Å². The third-order valence-electron chi connectivity index (χ3n) is 8.11. The van der Waals surface area contributed by atoms with E-state index >= 15 is 0 Å². The highest BCUT2D eigenvalue weighted by atomic mass is 28.4. The minimum Gasteiger partial charge on any atom is -0.416 e. The zero-order chi connectivity index (χ0) is 23.8. The molecular formula is C28H58O3Si. The summed E-state index contributed by atoms with van der Waals surface area (Å²) in [5.41, 5.74) is 1.32. The molecule has 0 bridgehead atoms. The number of rotatable bonds is 20. The average Bonchev–Trinajstić information content (AvgIpc) is 3.30. The molecule has 32 heavy (non-hydrogen) atoms. The zero-order valence-corrected chi connectivity index (χ0v) is 23.9. The summed E-state index contributed by atoms with van der Waals surface area (Å²) in [7, 11) is -1.69. The molecule has 0 aromatic carbocycles. The molecule has 3 nitrogen and oxygen atoms in total. The Kier molecular flexibility index (Phi) is 16.5. The van der Waals surface area contributed by atoms with Crippen LogP contribution in [0.2, 0.25) is 17.6 Å². The highest BCUT2D eigenvalue weighted by molar-refractivity contribution is 6.75. The fraction of sp³-hybridized carbons (Fsp3) is 1.00. The van der Waals surface area contributed by atoms with E-state index in [1.54, 1.807) is 0 Å². The van der Waals surface area contributed by atoms with E-state index in [-0.39, 0.29) is 0 Å². The summed E-state index contributed by atoms with van der Waals surface area (Å²) in [6, 6.07) is 0. The van der Waals surface area contributed by atoms with E-state index in [4.69, 9.17) is 13.9 Å². The molecule has 1 rings (SSSR count). The smallest absolute Gasteiger partial charge is 0.194 e. The van der Waals surface area contributed by atoms with Crippen molar-refractivity contribution in [1.29, 1.82) is 0 Å². The van der Waals surface area contributed by atoms with Gasteiger partial charge in [-0.15, -0.1) is 0 Å². The van der Waals surface area contributed by atoms with Gasteiger partial charge in [-0.25, -0.2) is 0 Å². The lowest BCUT2D eigenvalue weighted by molar-refractivity contribution is 0.00166. The molecule has 1 saturated carbocycles. The first kappa shape index (κ1) is 30.1. The van der Waals surface area contributed by atoms with E-state index in [1.165, 1.54) is 57.8 Å². The van der Waals surface area contributed by atoms with Crippen molar-refractivity contribution >= 4 is 8.32 Å². The van der Waals surface area contributed by atoms with Crippen molar-refractivity contribution in [2.45, 2.75) is 142 Å². The monoisotopic (exact) mass is 470 g/mol. The van der Waals surface area contributed by atoms with Gasteiger partial charge in [-0.1, -0.05) is 73.6 Å². The van der Waals surface area contributed by atoms with Gasteiger partial charge in [0.25, 0.3) is 0 Å². The summed E-state index contributed by atoms with van der Waals surface area (Å²) in [5.74, 6) is 1.44. The lowest BCUT2D eigenvalue weighted by atomic mass is 9.97. The predicted molar refractivity (Wildman–Crippen MR) is 142 cm³/mol. The van der Waals surface area contributed by atoms with Gasteiger partial charge in [0, 0.05) is 26.4 Å². The zero-order valence-electron chi connectivity index (χ0n) is 22.9. The fourth-order valence-electron chi connectivity index (χ4n) is 5.15. The molecule has 0 aromatic rings. The Balaban J connectivity index is 2.47. The molecular weight excluding hydrogens is 412 g/mol. The van der Waals surface area contributed by atoms with Crippen molar-refractivity contribution in [2.75, 3.05) is 26.4 Å². The van der Waals surface area contributed by atoms with E-state index in [0.717, 1.165) is 51.6 Å². The maximum Gasteiger partial charge on any atom is 0.194 e. The maximum atomic E-state index is 6.78. The Labute approximate surface area is 202 Å². The van der Waals surface area contributed by atoms with Crippen molar-refractivity contribution in [2.24, 2.45) is 11.8 Å². The molecule has 0 saturated heterocycles. The molecule has 0 N–H and O–H groups in total. The number of unbranched alkanes of at least 4 members (excludes halogenated alkanes) is 3. The minimum atomic E-state index is -1.69. The molecule has 0 heterocycles. The minimum absolute atomic E-state index is 0.480. The van der Waals surface area contributed by atoms with E-state index in [2.05, 4.69) is 48.1 Å². The maximum absolute atomic E-state index is 6.78. The first-order chi connectivity index (χ1) is 15.3. The van der Waals surface area contributed by atoms with Gasteiger partial charge in [-0.2, -0.15) is 0 Å². The van der Waals surface area contributed by atoms with E-state index in [9.17, 15) is 0 Å². The van der Waals surface area contributed by atoms with Crippen LogP contribution in [0.15, 0.2) is 0 Å². The molecule has 2 atom stereocenters. The van der Waals surface area contributed by atoms with Crippen LogP contribution in [0.4, 0.5) is 0 Å². The van der Waals surface area contributed by atoms with Crippen molar-refractivity contribution in [3.8, 4) is 0 Å². The van der Waals surface area contributed by atoms with Gasteiger partial charge in [0.1, 0.15) is 0 Å². The average molecular weight is 471 g/mol. The van der Waals surface area contributed by atoms with Gasteiger partial charge in [0.05, 0.1) is 6.10 Å². The van der Waals surface area contributed by atoms with Gasteiger partial charge >= 0.3 is 0 Å². The first-order valence-corrected chi connectivity index (χ1v) is 16.7. The highest BCUT2D eigenvalue weighted by Gasteiger charge is 2.37. The fourth-order valence-corrected chi connectivity index (χ4v) is 7.74. The van der Waals surface area contributed by atoms with Crippen molar-refractivity contribution < 1.29 is 13.9 Å². The number of hydrogen-bond donors (Lipinski definition) is 0. The second-order valence-electron chi connectivity index (χ2n) is 11.1. The van der Waals surface area contributed by atoms with Gasteiger partial charge in [0.2, 0.25) is 0 Å². The van der Waals surface area contributed by atoms with Gasteiger partial charge < -0.3 is 13.9 Å². The van der Waals surface area contributed by atoms with E-state index in [1.807, 2.05) is 0 Å². The molecule has 4 heteroatoms. The van der Waals surface area contributed by atoms with Crippen LogP contribution in [0.25, 0.3) is 0 Å². The van der Waals surface area contributed by atoms with Crippen LogP contribution >= 0.6 is 0 Å². The molecule has 0 radical (unpaired) electrons. The third kappa shape index (κ3) is 11.5. The Bertz CT molecular complexity index is 426. The Hall–Kier alpha value is 0.0969. The molecule has 0 aromatic heterocycles. The van der Waals surface area contributed by atoms with Gasteiger partial charge in [-0.05, 0) is 74.4 Å². The van der Waals surface area contributed by atoms with Crippen LogP contribution < -0.4 is 0 Å². The van der Waals surface area contributed by atoms with Crippen molar-refractivity contribution in [3.63, 3.8) is 0 Å². The summed E-state index contributed by atoms with van der Waals surface area (Å²) < 4.78 is 18.9. The molecule has 1 fully saturated rings. The van der Waals surface area contributed by atoms with Crippen molar-refractivity contribution in [1.82, 2.24) is 0 Å².